The minimum absolute atomic E-state index is 0.0415. The summed E-state index contributed by atoms with van der Waals surface area (Å²) < 4.78 is 40.9. The molecule has 0 aliphatic rings. The Morgan fingerprint density at radius 2 is 1.81 bits per heavy atom. The number of halogens is 4. The Balaban J connectivity index is 2.05. The Kier molecular flexibility index (Phi) is 3.82. The second-order valence-corrected chi connectivity index (χ2v) is 6.04. The zero-order chi connectivity index (χ0) is 15.0. The molecular formula is C15H7BrF3NS. The van der Waals surface area contributed by atoms with Crippen LogP contribution in [0.2, 0.25) is 0 Å². The molecule has 0 N–H and O–H groups in total. The van der Waals surface area contributed by atoms with Crippen LogP contribution in [0.4, 0.5) is 13.2 Å². The highest BCUT2D eigenvalue weighted by atomic mass is 79.9. The highest BCUT2D eigenvalue weighted by Crippen LogP contribution is 2.32. The van der Waals surface area contributed by atoms with Gasteiger partial charge in [-0.25, -0.2) is 18.2 Å². The quantitative estimate of drug-likeness (QED) is 0.531. The summed E-state index contributed by atoms with van der Waals surface area (Å²) in [5.74, 6) is -3.91. The second kappa shape index (κ2) is 5.61. The molecule has 2 aromatic carbocycles. The van der Waals surface area contributed by atoms with Gasteiger partial charge in [0.25, 0.3) is 0 Å². The number of hydrogen-bond acceptors (Lipinski definition) is 2. The second-order valence-electron chi connectivity index (χ2n) is 4.27. The number of rotatable bonds is 2. The lowest BCUT2D eigenvalue weighted by molar-refractivity contribution is 0.449. The van der Waals surface area contributed by atoms with E-state index in [4.69, 9.17) is 0 Å². The minimum atomic E-state index is -1.48. The van der Waals surface area contributed by atoms with E-state index in [2.05, 4.69) is 20.9 Å². The van der Waals surface area contributed by atoms with Crippen LogP contribution < -0.4 is 0 Å². The van der Waals surface area contributed by atoms with E-state index < -0.39 is 17.5 Å². The van der Waals surface area contributed by atoms with Crippen LogP contribution in [0.15, 0.2) is 46.3 Å². The predicted octanol–water partition coefficient (Wildman–Crippen LogP) is 5.66. The molecule has 6 heteroatoms. The van der Waals surface area contributed by atoms with Crippen LogP contribution in [-0.4, -0.2) is 4.98 Å². The molecule has 0 saturated heterocycles. The molecule has 1 aromatic heterocycles. The van der Waals surface area contributed by atoms with Crippen molar-refractivity contribution in [3.05, 3.63) is 63.7 Å². The fourth-order valence-electron chi connectivity index (χ4n) is 1.87. The topological polar surface area (TPSA) is 12.9 Å². The van der Waals surface area contributed by atoms with Crippen LogP contribution in [0, 0.1) is 17.5 Å². The van der Waals surface area contributed by atoms with Crippen molar-refractivity contribution in [3.8, 4) is 21.8 Å². The lowest BCUT2D eigenvalue weighted by Crippen LogP contribution is -1.93. The van der Waals surface area contributed by atoms with E-state index in [1.165, 1.54) is 17.4 Å². The molecule has 21 heavy (non-hydrogen) atoms. The molecule has 0 aliphatic carbocycles. The lowest BCUT2D eigenvalue weighted by atomic mass is 10.2. The highest BCUT2D eigenvalue weighted by Gasteiger charge is 2.17. The molecule has 0 radical (unpaired) electrons. The maximum atomic E-state index is 13.8. The van der Waals surface area contributed by atoms with E-state index in [-0.39, 0.29) is 5.56 Å². The number of aromatic nitrogens is 1. The van der Waals surface area contributed by atoms with Crippen molar-refractivity contribution in [1.29, 1.82) is 0 Å². The lowest BCUT2D eigenvalue weighted by Gasteiger charge is -2.01. The molecular weight excluding hydrogens is 363 g/mol. The van der Waals surface area contributed by atoms with E-state index in [0.29, 0.717) is 10.7 Å². The first-order chi connectivity index (χ1) is 10.1. The Hall–Kier alpha value is -1.66. The van der Waals surface area contributed by atoms with Crippen LogP contribution in [0.3, 0.4) is 0 Å². The molecule has 0 unspecified atom stereocenters. The molecule has 0 atom stereocenters. The summed E-state index contributed by atoms with van der Waals surface area (Å²) in [6.07, 6.45) is 0. The summed E-state index contributed by atoms with van der Waals surface area (Å²) in [5.41, 5.74) is 1.47. The van der Waals surface area contributed by atoms with E-state index in [9.17, 15) is 13.2 Å². The summed E-state index contributed by atoms with van der Waals surface area (Å²) in [6, 6.07) is 9.57. The fraction of sp³-hybridized carbons (Fsp3) is 0. The average molecular weight is 370 g/mol. The van der Waals surface area contributed by atoms with Crippen molar-refractivity contribution in [2.75, 3.05) is 0 Å². The van der Waals surface area contributed by atoms with Crippen molar-refractivity contribution in [1.82, 2.24) is 4.98 Å². The monoisotopic (exact) mass is 369 g/mol. The summed E-state index contributed by atoms with van der Waals surface area (Å²) in [5, 5.41) is 2.05. The van der Waals surface area contributed by atoms with Gasteiger partial charge >= 0.3 is 0 Å². The first-order valence-corrected chi connectivity index (χ1v) is 7.59. The van der Waals surface area contributed by atoms with Crippen LogP contribution in [0.5, 0.6) is 0 Å². The third kappa shape index (κ3) is 2.73. The SMILES string of the molecule is Fc1ccc(-c2nc(-c3cccc(Br)c3)cs2)c(F)c1F. The predicted molar refractivity (Wildman–Crippen MR) is 80.6 cm³/mol. The number of hydrogen-bond donors (Lipinski definition) is 0. The largest absolute Gasteiger partial charge is 0.236 e. The van der Waals surface area contributed by atoms with E-state index in [1.807, 2.05) is 24.3 Å². The van der Waals surface area contributed by atoms with Gasteiger partial charge in [-0.1, -0.05) is 28.1 Å². The zero-order valence-corrected chi connectivity index (χ0v) is 12.8. The molecule has 0 bridgehead atoms. The molecule has 1 heterocycles. The van der Waals surface area contributed by atoms with Gasteiger partial charge in [0.15, 0.2) is 17.5 Å². The Morgan fingerprint density at radius 3 is 2.57 bits per heavy atom. The molecule has 0 aliphatic heterocycles. The summed E-state index contributed by atoms with van der Waals surface area (Å²) in [7, 11) is 0. The van der Waals surface area contributed by atoms with Crippen molar-refractivity contribution in [3.63, 3.8) is 0 Å². The van der Waals surface area contributed by atoms with Gasteiger partial charge in [-0.05, 0) is 24.3 Å². The standard InChI is InChI=1S/C15H7BrF3NS/c16-9-3-1-2-8(6-9)12-7-21-15(20-12)10-4-5-11(17)14(19)13(10)18/h1-7H. The third-order valence-electron chi connectivity index (χ3n) is 2.89. The van der Waals surface area contributed by atoms with Crippen LogP contribution in [-0.2, 0) is 0 Å². The minimum Gasteiger partial charge on any atom is -0.236 e. The van der Waals surface area contributed by atoms with Crippen molar-refractivity contribution in [2.24, 2.45) is 0 Å². The molecule has 1 nitrogen and oxygen atoms in total. The normalized spacial score (nSPS) is 10.9. The maximum Gasteiger partial charge on any atom is 0.195 e. The smallest absolute Gasteiger partial charge is 0.195 e. The van der Waals surface area contributed by atoms with Gasteiger partial charge in [0, 0.05) is 21.0 Å². The van der Waals surface area contributed by atoms with Crippen LogP contribution >= 0.6 is 27.3 Å². The van der Waals surface area contributed by atoms with Gasteiger partial charge in [-0.3, -0.25) is 0 Å². The van der Waals surface area contributed by atoms with E-state index in [1.54, 1.807) is 5.38 Å². The third-order valence-corrected chi connectivity index (χ3v) is 4.26. The molecule has 0 saturated carbocycles. The molecule has 0 fully saturated rings. The number of thiazole rings is 1. The average Bonchev–Trinajstić information content (AvgIpc) is 2.94. The molecule has 3 aromatic rings. The van der Waals surface area contributed by atoms with Gasteiger partial charge in [-0.2, -0.15) is 0 Å². The van der Waals surface area contributed by atoms with Gasteiger partial charge in [-0.15, -0.1) is 11.3 Å². The maximum absolute atomic E-state index is 13.8. The van der Waals surface area contributed by atoms with Gasteiger partial charge < -0.3 is 0 Å². The summed E-state index contributed by atoms with van der Waals surface area (Å²) in [6.45, 7) is 0. The van der Waals surface area contributed by atoms with Crippen molar-refractivity contribution < 1.29 is 13.2 Å². The zero-order valence-electron chi connectivity index (χ0n) is 10.4. The Morgan fingerprint density at radius 1 is 1.00 bits per heavy atom. The molecule has 0 spiro atoms. The highest BCUT2D eigenvalue weighted by molar-refractivity contribution is 9.10. The van der Waals surface area contributed by atoms with Crippen molar-refractivity contribution >= 4 is 27.3 Å². The molecule has 106 valence electrons. The Bertz CT molecular complexity index is 816. The Labute approximate surface area is 131 Å². The first kappa shape index (κ1) is 14.3. The summed E-state index contributed by atoms with van der Waals surface area (Å²) >= 11 is 4.54. The summed E-state index contributed by atoms with van der Waals surface area (Å²) in [4.78, 5) is 4.29. The van der Waals surface area contributed by atoms with Crippen LogP contribution in [0.25, 0.3) is 21.8 Å². The number of nitrogens with zero attached hydrogens (tertiary/aromatic N) is 1. The van der Waals surface area contributed by atoms with Crippen LogP contribution in [0.1, 0.15) is 0 Å². The molecule has 3 rings (SSSR count). The van der Waals surface area contributed by atoms with Gasteiger partial charge in [0.05, 0.1) is 5.69 Å². The van der Waals surface area contributed by atoms with E-state index in [0.717, 1.165) is 16.1 Å². The van der Waals surface area contributed by atoms with Crippen molar-refractivity contribution in [2.45, 2.75) is 0 Å². The number of benzene rings is 2. The van der Waals surface area contributed by atoms with Gasteiger partial charge in [0.2, 0.25) is 0 Å². The first-order valence-electron chi connectivity index (χ1n) is 5.91. The van der Waals surface area contributed by atoms with E-state index >= 15 is 0 Å². The fourth-order valence-corrected chi connectivity index (χ4v) is 3.12. The molecule has 0 amide bonds. The van der Waals surface area contributed by atoms with Gasteiger partial charge in [0.1, 0.15) is 5.01 Å².